The normalized spacial score (nSPS) is 12.8. The Bertz CT molecular complexity index is 449. The van der Waals surface area contributed by atoms with Gasteiger partial charge in [0.25, 0.3) is 0 Å². The van der Waals surface area contributed by atoms with E-state index >= 15 is 0 Å². The zero-order chi connectivity index (χ0) is 11.7. The third kappa shape index (κ3) is 2.79. The lowest BCUT2D eigenvalue weighted by molar-refractivity contribution is 0.443. The fourth-order valence-electron chi connectivity index (χ4n) is 1.26. The summed E-state index contributed by atoms with van der Waals surface area (Å²) in [7, 11) is -1.27. The molecule has 1 N–H and O–H groups in total. The summed E-state index contributed by atoms with van der Waals surface area (Å²) in [6.07, 6.45) is 1.22. The quantitative estimate of drug-likeness (QED) is 0.852. The molecule has 0 aliphatic heterocycles. The largest absolute Gasteiger partial charge is 0.311 e. The summed E-state index contributed by atoms with van der Waals surface area (Å²) in [5.41, 5.74) is 0.744. The minimum absolute atomic E-state index is 0.222. The Hall–Kier alpha value is -0.870. The lowest BCUT2D eigenvalue weighted by atomic mass is 9.95. The molecule has 0 saturated heterocycles. The zero-order valence-corrected chi connectivity index (χ0v) is 10.4. The monoisotopic (exact) mass is 227 g/mol. The Morgan fingerprint density at radius 2 is 1.87 bits per heavy atom. The van der Waals surface area contributed by atoms with Crippen LogP contribution in [-0.4, -0.2) is 21.7 Å². The second-order valence-electron chi connectivity index (χ2n) is 4.17. The van der Waals surface area contributed by atoms with E-state index in [4.69, 9.17) is 0 Å². The van der Waals surface area contributed by atoms with Crippen LogP contribution in [0.2, 0.25) is 0 Å². The van der Waals surface area contributed by atoms with E-state index in [1.807, 2.05) is 27.0 Å². The Morgan fingerprint density at radius 3 is 2.33 bits per heavy atom. The SMILES string of the molecule is CNC(C)(C)c1cccc(S(C)(=O)=O)c1. The molecule has 0 amide bonds. The highest BCUT2D eigenvalue weighted by Gasteiger charge is 2.19. The predicted molar refractivity (Wildman–Crippen MR) is 61.6 cm³/mol. The van der Waals surface area contributed by atoms with E-state index in [-0.39, 0.29) is 5.54 Å². The molecule has 0 aliphatic rings. The highest BCUT2D eigenvalue weighted by Crippen LogP contribution is 2.22. The van der Waals surface area contributed by atoms with Crippen LogP contribution in [0.15, 0.2) is 29.2 Å². The maximum absolute atomic E-state index is 11.4. The summed E-state index contributed by atoms with van der Waals surface area (Å²) in [5, 5.41) is 3.14. The van der Waals surface area contributed by atoms with Gasteiger partial charge in [-0.3, -0.25) is 0 Å². The standard InChI is InChI=1S/C11H17NO2S/c1-11(2,12-3)9-6-5-7-10(8-9)15(4,13)14/h5-8,12H,1-4H3. The number of sulfone groups is 1. The molecule has 0 fully saturated rings. The van der Waals surface area contributed by atoms with Gasteiger partial charge in [-0.05, 0) is 38.6 Å². The Kier molecular flexibility index (Phi) is 3.21. The molecule has 0 saturated carbocycles. The fourth-order valence-corrected chi connectivity index (χ4v) is 1.93. The van der Waals surface area contributed by atoms with Gasteiger partial charge in [0.2, 0.25) is 0 Å². The van der Waals surface area contributed by atoms with Gasteiger partial charge in [-0.2, -0.15) is 0 Å². The highest BCUT2D eigenvalue weighted by atomic mass is 32.2. The van der Waals surface area contributed by atoms with Gasteiger partial charge in [0.1, 0.15) is 0 Å². The molecule has 0 bridgehead atoms. The molecule has 15 heavy (non-hydrogen) atoms. The van der Waals surface area contributed by atoms with Crippen molar-refractivity contribution >= 4 is 9.84 Å². The fraction of sp³-hybridized carbons (Fsp3) is 0.455. The summed E-state index contributed by atoms with van der Waals surface area (Å²) >= 11 is 0. The van der Waals surface area contributed by atoms with Gasteiger partial charge in [0, 0.05) is 11.8 Å². The van der Waals surface area contributed by atoms with Crippen LogP contribution >= 0.6 is 0 Å². The van der Waals surface area contributed by atoms with E-state index in [1.165, 1.54) is 6.26 Å². The van der Waals surface area contributed by atoms with Crippen LogP contribution < -0.4 is 5.32 Å². The molecule has 3 nitrogen and oxygen atoms in total. The third-order valence-corrected chi connectivity index (χ3v) is 3.72. The molecular formula is C11H17NO2S. The van der Waals surface area contributed by atoms with Crippen molar-refractivity contribution in [3.05, 3.63) is 29.8 Å². The van der Waals surface area contributed by atoms with Gasteiger partial charge in [-0.25, -0.2) is 8.42 Å². The maximum atomic E-state index is 11.4. The van der Waals surface area contributed by atoms with E-state index in [0.29, 0.717) is 4.90 Å². The molecule has 0 heterocycles. The van der Waals surface area contributed by atoms with Gasteiger partial charge >= 0.3 is 0 Å². The van der Waals surface area contributed by atoms with Gasteiger partial charge in [0.15, 0.2) is 9.84 Å². The van der Waals surface area contributed by atoms with Crippen LogP contribution in [0.5, 0.6) is 0 Å². The molecule has 1 rings (SSSR count). The van der Waals surface area contributed by atoms with Gasteiger partial charge < -0.3 is 5.32 Å². The second-order valence-corrected chi connectivity index (χ2v) is 6.19. The second kappa shape index (κ2) is 3.94. The van der Waals surface area contributed by atoms with Crippen LogP contribution in [-0.2, 0) is 15.4 Å². The summed E-state index contributed by atoms with van der Waals surface area (Å²) in [6, 6.07) is 7.02. The number of hydrogen-bond donors (Lipinski definition) is 1. The van der Waals surface area contributed by atoms with Crippen molar-refractivity contribution in [3.8, 4) is 0 Å². The van der Waals surface area contributed by atoms with Crippen molar-refractivity contribution in [2.24, 2.45) is 0 Å². The molecule has 1 aromatic carbocycles. The first-order valence-electron chi connectivity index (χ1n) is 4.77. The van der Waals surface area contributed by atoms with Crippen LogP contribution in [0.3, 0.4) is 0 Å². The number of hydrogen-bond acceptors (Lipinski definition) is 3. The smallest absolute Gasteiger partial charge is 0.175 e. The van der Waals surface area contributed by atoms with E-state index in [9.17, 15) is 8.42 Å². The predicted octanol–water partition coefficient (Wildman–Crippen LogP) is 1.54. The maximum Gasteiger partial charge on any atom is 0.175 e. The average molecular weight is 227 g/mol. The summed E-state index contributed by atoms with van der Waals surface area (Å²) in [6.45, 7) is 4.02. The highest BCUT2D eigenvalue weighted by molar-refractivity contribution is 7.90. The molecule has 84 valence electrons. The first-order chi connectivity index (χ1) is 6.77. The lowest BCUT2D eigenvalue weighted by Crippen LogP contribution is -2.33. The molecule has 0 atom stereocenters. The van der Waals surface area contributed by atoms with E-state index in [2.05, 4.69) is 5.32 Å². The third-order valence-electron chi connectivity index (χ3n) is 2.61. The summed E-state index contributed by atoms with van der Waals surface area (Å²) in [5.74, 6) is 0. The van der Waals surface area contributed by atoms with Crippen LogP contribution in [0.4, 0.5) is 0 Å². The first kappa shape index (κ1) is 12.2. The topological polar surface area (TPSA) is 46.2 Å². The Balaban J connectivity index is 3.26. The van der Waals surface area contributed by atoms with Crippen molar-refractivity contribution in [1.29, 1.82) is 0 Å². The van der Waals surface area contributed by atoms with Crippen LogP contribution in [0.1, 0.15) is 19.4 Å². The Morgan fingerprint density at radius 1 is 1.27 bits per heavy atom. The lowest BCUT2D eigenvalue weighted by Gasteiger charge is -2.24. The van der Waals surface area contributed by atoms with Crippen molar-refractivity contribution in [2.45, 2.75) is 24.3 Å². The first-order valence-corrected chi connectivity index (χ1v) is 6.66. The number of benzene rings is 1. The van der Waals surface area contributed by atoms with Crippen LogP contribution in [0, 0.1) is 0 Å². The minimum Gasteiger partial charge on any atom is -0.311 e. The molecule has 0 unspecified atom stereocenters. The summed E-state index contributed by atoms with van der Waals surface area (Å²) < 4.78 is 22.8. The zero-order valence-electron chi connectivity index (χ0n) is 9.53. The molecule has 0 aliphatic carbocycles. The van der Waals surface area contributed by atoms with E-state index < -0.39 is 9.84 Å². The van der Waals surface area contributed by atoms with Crippen molar-refractivity contribution in [1.82, 2.24) is 5.32 Å². The molecular weight excluding hydrogens is 210 g/mol. The molecule has 0 aromatic heterocycles. The van der Waals surface area contributed by atoms with Gasteiger partial charge in [-0.1, -0.05) is 12.1 Å². The van der Waals surface area contributed by atoms with Crippen molar-refractivity contribution in [2.75, 3.05) is 13.3 Å². The average Bonchev–Trinajstić information content (AvgIpc) is 2.17. The Labute approximate surface area is 91.4 Å². The molecule has 1 aromatic rings. The summed E-state index contributed by atoms with van der Waals surface area (Å²) in [4.78, 5) is 0.364. The number of nitrogens with one attached hydrogen (secondary N) is 1. The van der Waals surface area contributed by atoms with E-state index in [1.54, 1.807) is 18.2 Å². The van der Waals surface area contributed by atoms with Gasteiger partial charge in [-0.15, -0.1) is 0 Å². The van der Waals surface area contributed by atoms with Crippen LogP contribution in [0.25, 0.3) is 0 Å². The molecule has 0 radical (unpaired) electrons. The molecule has 0 spiro atoms. The van der Waals surface area contributed by atoms with Crippen molar-refractivity contribution in [3.63, 3.8) is 0 Å². The van der Waals surface area contributed by atoms with Crippen molar-refractivity contribution < 1.29 is 8.42 Å². The van der Waals surface area contributed by atoms with E-state index in [0.717, 1.165) is 5.56 Å². The molecule has 4 heteroatoms. The van der Waals surface area contributed by atoms with Gasteiger partial charge in [0.05, 0.1) is 4.90 Å². The minimum atomic E-state index is -3.12. The number of rotatable bonds is 3.